The minimum absolute atomic E-state index is 0.308. The zero-order chi connectivity index (χ0) is 8.27. The number of nitrogens with zero attached hydrogens (tertiary/aromatic N) is 1. The predicted molar refractivity (Wildman–Crippen MR) is 47.7 cm³/mol. The van der Waals surface area contributed by atoms with Crippen LogP contribution < -0.4 is 5.73 Å². The minimum Gasteiger partial charge on any atom is -0.351 e. The Morgan fingerprint density at radius 1 is 1.73 bits per heavy atom. The number of carbonyl (C=O) groups is 1. The van der Waals surface area contributed by atoms with Crippen molar-refractivity contribution in [2.24, 2.45) is 5.73 Å². The van der Waals surface area contributed by atoms with E-state index in [2.05, 4.69) is 0 Å². The molecule has 64 valence electrons. The standard InChI is InChI=1S/C7H14N2OS/c1-9(7(8)10)6-3-2-4-11-5-6/h6H,2-5H2,1H3,(H2,8,10). The number of rotatable bonds is 1. The maximum Gasteiger partial charge on any atom is 0.314 e. The predicted octanol–water partition coefficient (Wildman–Crippen LogP) is 0.893. The van der Waals surface area contributed by atoms with Gasteiger partial charge in [0.15, 0.2) is 0 Å². The third kappa shape index (κ3) is 2.29. The lowest BCUT2D eigenvalue weighted by Crippen LogP contribution is -2.43. The summed E-state index contributed by atoms with van der Waals surface area (Å²) in [6.45, 7) is 0. The average molecular weight is 174 g/mol. The van der Waals surface area contributed by atoms with Crippen LogP contribution in [-0.2, 0) is 0 Å². The Bertz CT molecular complexity index is 145. The maximum atomic E-state index is 10.7. The van der Waals surface area contributed by atoms with E-state index in [-0.39, 0.29) is 6.03 Å². The van der Waals surface area contributed by atoms with Gasteiger partial charge in [0.25, 0.3) is 0 Å². The highest BCUT2D eigenvalue weighted by atomic mass is 32.2. The van der Waals surface area contributed by atoms with Gasteiger partial charge in [-0.05, 0) is 18.6 Å². The normalized spacial score (nSPS) is 24.6. The van der Waals surface area contributed by atoms with Crippen LogP contribution in [0.15, 0.2) is 0 Å². The van der Waals surface area contributed by atoms with Crippen molar-refractivity contribution in [3.05, 3.63) is 0 Å². The van der Waals surface area contributed by atoms with Gasteiger partial charge in [-0.1, -0.05) is 0 Å². The van der Waals surface area contributed by atoms with Crippen molar-refractivity contribution >= 4 is 17.8 Å². The van der Waals surface area contributed by atoms with E-state index in [1.807, 2.05) is 11.8 Å². The lowest BCUT2D eigenvalue weighted by molar-refractivity contribution is 0.201. The molecule has 3 nitrogen and oxygen atoms in total. The zero-order valence-corrected chi connectivity index (χ0v) is 7.56. The van der Waals surface area contributed by atoms with Crippen molar-refractivity contribution in [3.8, 4) is 0 Å². The lowest BCUT2D eigenvalue weighted by Gasteiger charge is -2.29. The third-order valence-corrected chi connectivity index (χ3v) is 3.23. The van der Waals surface area contributed by atoms with E-state index in [1.54, 1.807) is 11.9 Å². The molecule has 1 rings (SSSR count). The zero-order valence-electron chi connectivity index (χ0n) is 6.75. The Kier molecular flexibility index (Phi) is 3.05. The number of primary amides is 1. The Labute approximate surface area is 71.3 Å². The number of carbonyl (C=O) groups excluding carboxylic acids is 1. The van der Waals surface area contributed by atoms with E-state index in [1.165, 1.54) is 12.2 Å². The van der Waals surface area contributed by atoms with Crippen LogP contribution in [0.3, 0.4) is 0 Å². The molecule has 1 saturated heterocycles. The van der Waals surface area contributed by atoms with Crippen molar-refractivity contribution in [1.82, 2.24) is 4.90 Å². The molecule has 1 aliphatic heterocycles. The molecule has 0 saturated carbocycles. The van der Waals surface area contributed by atoms with Crippen LogP contribution in [0.2, 0.25) is 0 Å². The fourth-order valence-electron chi connectivity index (χ4n) is 1.21. The second-order valence-electron chi connectivity index (χ2n) is 2.82. The third-order valence-electron chi connectivity index (χ3n) is 2.03. The van der Waals surface area contributed by atoms with Crippen molar-refractivity contribution in [3.63, 3.8) is 0 Å². The van der Waals surface area contributed by atoms with Gasteiger partial charge in [-0.25, -0.2) is 4.79 Å². The summed E-state index contributed by atoms with van der Waals surface area (Å²) in [6, 6.07) is 0.0590. The highest BCUT2D eigenvalue weighted by Gasteiger charge is 2.19. The first-order valence-corrected chi connectivity index (χ1v) is 4.97. The number of urea groups is 1. The molecule has 1 unspecified atom stereocenters. The number of amides is 2. The van der Waals surface area contributed by atoms with Gasteiger partial charge in [0.1, 0.15) is 0 Å². The number of thioether (sulfide) groups is 1. The van der Waals surface area contributed by atoms with Gasteiger partial charge in [-0.2, -0.15) is 11.8 Å². The van der Waals surface area contributed by atoms with Crippen LogP contribution >= 0.6 is 11.8 Å². The highest BCUT2D eigenvalue weighted by molar-refractivity contribution is 7.99. The lowest BCUT2D eigenvalue weighted by atomic mass is 10.2. The van der Waals surface area contributed by atoms with Crippen LogP contribution in [-0.4, -0.2) is 35.5 Å². The molecule has 2 amide bonds. The van der Waals surface area contributed by atoms with Gasteiger partial charge >= 0.3 is 6.03 Å². The number of hydrogen-bond donors (Lipinski definition) is 1. The van der Waals surface area contributed by atoms with Crippen molar-refractivity contribution < 1.29 is 4.79 Å². The summed E-state index contributed by atoms with van der Waals surface area (Å²) in [6.07, 6.45) is 2.30. The van der Waals surface area contributed by atoms with E-state index >= 15 is 0 Å². The van der Waals surface area contributed by atoms with Gasteiger partial charge in [0, 0.05) is 18.8 Å². The summed E-state index contributed by atoms with van der Waals surface area (Å²) < 4.78 is 0. The topological polar surface area (TPSA) is 46.3 Å². The molecule has 1 aliphatic rings. The van der Waals surface area contributed by atoms with E-state index in [0.29, 0.717) is 6.04 Å². The van der Waals surface area contributed by atoms with E-state index < -0.39 is 0 Å². The van der Waals surface area contributed by atoms with Gasteiger partial charge in [0.2, 0.25) is 0 Å². The van der Waals surface area contributed by atoms with Crippen molar-refractivity contribution in [2.45, 2.75) is 18.9 Å². The molecule has 0 radical (unpaired) electrons. The quantitative estimate of drug-likeness (QED) is 0.641. The number of hydrogen-bond acceptors (Lipinski definition) is 2. The first-order valence-electron chi connectivity index (χ1n) is 3.82. The second-order valence-corrected chi connectivity index (χ2v) is 3.97. The molecular formula is C7H14N2OS. The Morgan fingerprint density at radius 3 is 2.91 bits per heavy atom. The molecule has 0 aliphatic carbocycles. The van der Waals surface area contributed by atoms with Crippen LogP contribution in [0.1, 0.15) is 12.8 Å². The molecule has 2 N–H and O–H groups in total. The molecule has 11 heavy (non-hydrogen) atoms. The first-order chi connectivity index (χ1) is 5.22. The second kappa shape index (κ2) is 3.85. The average Bonchev–Trinajstić information content (AvgIpc) is 2.05. The molecule has 0 spiro atoms. The van der Waals surface area contributed by atoms with Crippen LogP contribution in [0.25, 0.3) is 0 Å². The van der Waals surface area contributed by atoms with Crippen molar-refractivity contribution in [2.75, 3.05) is 18.6 Å². The molecule has 1 fully saturated rings. The molecule has 0 bridgehead atoms. The molecule has 4 heteroatoms. The smallest absolute Gasteiger partial charge is 0.314 e. The number of nitrogens with two attached hydrogens (primary N) is 1. The Hall–Kier alpha value is -0.380. The monoisotopic (exact) mass is 174 g/mol. The fraction of sp³-hybridized carbons (Fsp3) is 0.857. The minimum atomic E-state index is -0.308. The SMILES string of the molecule is CN(C(N)=O)C1CCCSC1. The Balaban J connectivity index is 2.38. The van der Waals surface area contributed by atoms with Gasteiger partial charge in [0.05, 0.1) is 0 Å². The van der Waals surface area contributed by atoms with Crippen LogP contribution in [0.5, 0.6) is 0 Å². The molecule has 0 aromatic carbocycles. The first kappa shape index (κ1) is 8.71. The van der Waals surface area contributed by atoms with Crippen molar-refractivity contribution in [1.29, 1.82) is 0 Å². The largest absolute Gasteiger partial charge is 0.351 e. The van der Waals surface area contributed by atoms with E-state index in [4.69, 9.17) is 5.73 Å². The van der Waals surface area contributed by atoms with Gasteiger partial charge in [-0.15, -0.1) is 0 Å². The summed E-state index contributed by atoms with van der Waals surface area (Å²) in [5.74, 6) is 2.27. The molecule has 1 atom stereocenters. The fourth-order valence-corrected chi connectivity index (χ4v) is 2.41. The molecule has 1 heterocycles. The summed E-state index contributed by atoms with van der Waals surface area (Å²) in [5, 5.41) is 0. The molecule has 0 aromatic rings. The van der Waals surface area contributed by atoms with Crippen LogP contribution in [0, 0.1) is 0 Å². The maximum absolute atomic E-state index is 10.7. The summed E-state index contributed by atoms with van der Waals surface area (Å²) in [4.78, 5) is 12.4. The van der Waals surface area contributed by atoms with E-state index in [0.717, 1.165) is 12.2 Å². The Morgan fingerprint density at radius 2 is 2.45 bits per heavy atom. The van der Waals surface area contributed by atoms with E-state index in [9.17, 15) is 4.79 Å². The summed E-state index contributed by atoms with van der Waals surface area (Å²) in [5.41, 5.74) is 5.14. The summed E-state index contributed by atoms with van der Waals surface area (Å²) >= 11 is 1.90. The molecule has 0 aromatic heterocycles. The molecular weight excluding hydrogens is 160 g/mol. The van der Waals surface area contributed by atoms with Crippen LogP contribution in [0.4, 0.5) is 4.79 Å². The highest BCUT2D eigenvalue weighted by Crippen LogP contribution is 2.20. The summed E-state index contributed by atoms with van der Waals surface area (Å²) in [7, 11) is 1.78. The van der Waals surface area contributed by atoms with Gasteiger partial charge in [-0.3, -0.25) is 0 Å². The van der Waals surface area contributed by atoms with Gasteiger partial charge < -0.3 is 10.6 Å².